The van der Waals surface area contributed by atoms with Crippen molar-refractivity contribution in [3.8, 4) is 0 Å². The maximum atomic E-state index is 13.1. The molecule has 0 saturated heterocycles. The third-order valence-corrected chi connectivity index (χ3v) is 3.71. The first-order chi connectivity index (χ1) is 12.8. The fourth-order valence-corrected chi connectivity index (χ4v) is 2.39. The zero-order valence-electron chi connectivity index (χ0n) is 13.6. The molecule has 3 rings (SSSR count). The number of nitrogens with zero attached hydrogens (tertiary/aromatic N) is 2. The molecule has 9 heteroatoms. The predicted octanol–water partition coefficient (Wildman–Crippen LogP) is 5.14. The van der Waals surface area contributed by atoms with Crippen LogP contribution in [-0.4, -0.2) is 15.9 Å². The van der Waals surface area contributed by atoms with Crippen LogP contribution in [0, 0.1) is 0 Å². The molecule has 2 N–H and O–H groups in total. The lowest BCUT2D eigenvalue weighted by Gasteiger charge is -2.14. The first-order valence-corrected chi connectivity index (χ1v) is 8.03. The molecule has 138 valence electrons. The maximum Gasteiger partial charge on any atom is 0.418 e. The summed E-state index contributed by atoms with van der Waals surface area (Å²) in [5.41, 5.74) is -0.421. The standard InChI is InChI=1S/C18H12ClF3N4O/c19-12-6-7-15(14(8-12)18(20,21)22)26-17-23-9-11(10-24-17)16(27)25-13-4-2-1-3-5-13/h1-10H,(H,25,27)(H,23,24,26). The number of anilines is 3. The van der Waals surface area contributed by atoms with Crippen molar-refractivity contribution in [2.75, 3.05) is 10.6 Å². The summed E-state index contributed by atoms with van der Waals surface area (Å²) in [6.07, 6.45) is -2.16. The summed E-state index contributed by atoms with van der Waals surface area (Å²) in [7, 11) is 0. The normalized spacial score (nSPS) is 11.1. The summed E-state index contributed by atoms with van der Waals surface area (Å²) in [5, 5.41) is 5.11. The van der Waals surface area contributed by atoms with E-state index in [-0.39, 0.29) is 22.2 Å². The van der Waals surface area contributed by atoms with Gasteiger partial charge >= 0.3 is 6.18 Å². The topological polar surface area (TPSA) is 66.9 Å². The molecule has 0 bridgehead atoms. The van der Waals surface area contributed by atoms with Crippen molar-refractivity contribution >= 4 is 34.8 Å². The number of nitrogens with one attached hydrogen (secondary N) is 2. The third kappa shape index (κ3) is 4.73. The highest BCUT2D eigenvalue weighted by atomic mass is 35.5. The lowest BCUT2D eigenvalue weighted by atomic mass is 10.1. The first kappa shape index (κ1) is 18.7. The second-order valence-corrected chi connectivity index (χ2v) is 5.86. The van der Waals surface area contributed by atoms with Crippen LogP contribution in [-0.2, 0) is 6.18 Å². The molecule has 0 radical (unpaired) electrons. The summed E-state index contributed by atoms with van der Waals surface area (Å²) in [6.45, 7) is 0. The molecule has 0 unspecified atom stereocenters. The number of halogens is 4. The summed E-state index contributed by atoms with van der Waals surface area (Å²) in [6, 6.07) is 12.1. The molecule has 1 aromatic heterocycles. The number of aromatic nitrogens is 2. The van der Waals surface area contributed by atoms with Gasteiger partial charge in [0.05, 0.1) is 16.8 Å². The lowest BCUT2D eigenvalue weighted by molar-refractivity contribution is -0.136. The van der Waals surface area contributed by atoms with Crippen LogP contribution in [0.15, 0.2) is 60.9 Å². The molecule has 1 amide bonds. The number of carbonyl (C=O) groups excluding carboxylic acids is 1. The summed E-state index contributed by atoms with van der Waals surface area (Å²) >= 11 is 5.64. The highest BCUT2D eigenvalue weighted by Gasteiger charge is 2.34. The summed E-state index contributed by atoms with van der Waals surface area (Å²) in [4.78, 5) is 19.9. The molecule has 0 aliphatic carbocycles. The number of carbonyl (C=O) groups is 1. The predicted molar refractivity (Wildman–Crippen MR) is 96.2 cm³/mol. The van der Waals surface area contributed by atoms with Crippen LogP contribution < -0.4 is 10.6 Å². The van der Waals surface area contributed by atoms with Crippen molar-refractivity contribution in [2.45, 2.75) is 6.18 Å². The largest absolute Gasteiger partial charge is 0.418 e. The Morgan fingerprint density at radius 2 is 1.67 bits per heavy atom. The molecule has 27 heavy (non-hydrogen) atoms. The Morgan fingerprint density at radius 3 is 2.30 bits per heavy atom. The van der Waals surface area contributed by atoms with Crippen LogP contribution in [0.3, 0.4) is 0 Å². The van der Waals surface area contributed by atoms with Crippen LogP contribution in [0.25, 0.3) is 0 Å². The van der Waals surface area contributed by atoms with Crippen LogP contribution in [0.1, 0.15) is 15.9 Å². The van der Waals surface area contributed by atoms with Gasteiger partial charge in [0.2, 0.25) is 5.95 Å². The van der Waals surface area contributed by atoms with Crippen LogP contribution in [0.5, 0.6) is 0 Å². The van der Waals surface area contributed by atoms with Crippen molar-refractivity contribution < 1.29 is 18.0 Å². The molecule has 3 aromatic rings. The molecule has 0 fully saturated rings. The number of hydrogen-bond donors (Lipinski definition) is 2. The number of hydrogen-bond acceptors (Lipinski definition) is 4. The molecule has 0 aliphatic heterocycles. The molecule has 1 heterocycles. The number of rotatable bonds is 4. The van der Waals surface area contributed by atoms with E-state index in [0.29, 0.717) is 5.69 Å². The summed E-state index contributed by atoms with van der Waals surface area (Å²) in [5.74, 6) is -0.519. The quantitative estimate of drug-likeness (QED) is 0.644. The Labute approximate surface area is 157 Å². The van der Waals surface area contributed by atoms with E-state index in [1.54, 1.807) is 24.3 Å². The monoisotopic (exact) mass is 392 g/mol. The van der Waals surface area contributed by atoms with E-state index >= 15 is 0 Å². The van der Waals surface area contributed by atoms with E-state index in [4.69, 9.17) is 11.6 Å². The van der Waals surface area contributed by atoms with Crippen molar-refractivity contribution in [1.82, 2.24) is 9.97 Å². The molecule has 0 aliphatic rings. The average molecular weight is 393 g/mol. The average Bonchev–Trinajstić information content (AvgIpc) is 2.64. The van der Waals surface area contributed by atoms with Gasteiger partial charge in [-0.2, -0.15) is 13.2 Å². The van der Waals surface area contributed by atoms with Gasteiger partial charge in [-0.1, -0.05) is 29.8 Å². The van der Waals surface area contributed by atoms with Crippen molar-refractivity contribution in [2.24, 2.45) is 0 Å². The van der Waals surface area contributed by atoms with Gasteiger partial charge in [0, 0.05) is 23.1 Å². The number of alkyl halides is 3. The Hall–Kier alpha value is -3.13. The Morgan fingerprint density at radius 1 is 1.00 bits per heavy atom. The van der Waals surface area contributed by atoms with Gasteiger partial charge in [-0.15, -0.1) is 0 Å². The van der Waals surface area contributed by atoms with Crippen molar-refractivity contribution in [3.63, 3.8) is 0 Å². The Kier molecular flexibility index (Phi) is 5.27. The second kappa shape index (κ2) is 7.63. The number of benzene rings is 2. The van der Waals surface area contributed by atoms with Crippen molar-refractivity contribution in [3.05, 3.63) is 77.1 Å². The van der Waals surface area contributed by atoms with Gasteiger partial charge in [0.15, 0.2) is 0 Å². The van der Waals surface area contributed by atoms with E-state index in [0.717, 1.165) is 6.07 Å². The third-order valence-electron chi connectivity index (χ3n) is 3.48. The zero-order valence-corrected chi connectivity index (χ0v) is 14.3. The lowest BCUT2D eigenvalue weighted by Crippen LogP contribution is -2.13. The molecule has 0 spiro atoms. The van der Waals surface area contributed by atoms with Crippen LogP contribution in [0.2, 0.25) is 5.02 Å². The maximum absolute atomic E-state index is 13.1. The van der Waals surface area contributed by atoms with Gasteiger partial charge < -0.3 is 10.6 Å². The molecular formula is C18H12ClF3N4O. The van der Waals surface area contributed by atoms with Crippen LogP contribution >= 0.6 is 11.6 Å². The van der Waals surface area contributed by atoms with Gasteiger partial charge in [-0.3, -0.25) is 4.79 Å². The van der Waals surface area contributed by atoms with E-state index in [1.165, 1.54) is 24.5 Å². The number of amides is 1. The highest BCUT2D eigenvalue weighted by Crippen LogP contribution is 2.37. The van der Waals surface area contributed by atoms with Crippen LogP contribution in [0.4, 0.5) is 30.5 Å². The van der Waals surface area contributed by atoms with E-state index in [1.807, 2.05) is 6.07 Å². The minimum atomic E-state index is -4.59. The summed E-state index contributed by atoms with van der Waals surface area (Å²) < 4.78 is 39.3. The minimum Gasteiger partial charge on any atom is -0.324 e. The molecular weight excluding hydrogens is 381 g/mol. The van der Waals surface area contributed by atoms with Crippen molar-refractivity contribution in [1.29, 1.82) is 0 Å². The fraction of sp³-hybridized carbons (Fsp3) is 0.0556. The van der Waals surface area contributed by atoms with E-state index in [2.05, 4.69) is 20.6 Å². The van der Waals surface area contributed by atoms with Gasteiger partial charge in [-0.05, 0) is 30.3 Å². The number of para-hydroxylation sites is 1. The molecule has 5 nitrogen and oxygen atoms in total. The minimum absolute atomic E-state index is 0.0401. The second-order valence-electron chi connectivity index (χ2n) is 5.43. The van der Waals surface area contributed by atoms with Gasteiger partial charge in [-0.25, -0.2) is 9.97 Å². The van der Waals surface area contributed by atoms with Gasteiger partial charge in [0.25, 0.3) is 5.91 Å². The molecule has 0 saturated carbocycles. The van der Waals surface area contributed by atoms with E-state index < -0.39 is 17.6 Å². The van der Waals surface area contributed by atoms with Gasteiger partial charge in [0.1, 0.15) is 0 Å². The van der Waals surface area contributed by atoms with E-state index in [9.17, 15) is 18.0 Å². The smallest absolute Gasteiger partial charge is 0.324 e. The zero-order chi connectivity index (χ0) is 19.4. The highest BCUT2D eigenvalue weighted by molar-refractivity contribution is 6.30. The SMILES string of the molecule is O=C(Nc1ccccc1)c1cnc(Nc2ccc(Cl)cc2C(F)(F)F)nc1. The first-order valence-electron chi connectivity index (χ1n) is 7.65. The molecule has 0 atom stereocenters. The Bertz CT molecular complexity index is 947. The Balaban J connectivity index is 1.76. The molecule has 2 aromatic carbocycles. The fourth-order valence-electron chi connectivity index (χ4n) is 2.22.